The van der Waals surface area contributed by atoms with Crippen molar-refractivity contribution < 1.29 is 33.6 Å². The Balaban J connectivity index is 1.76. The first kappa shape index (κ1) is 19.4. The van der Waals surface area contributed by atoms with Gasteiger partial charge in [0.05, 0.1) is 30.9 Å². The Morgan fingerprint density at radius 2 is 1.83 bits per heavy atom. The van der Waals surface area contributed by atoms with Crippen LogP contribution in [0.2, 0.25) is 0 Å². The van der Waals surface area contributed by atoms with Crippen LogP contribution in [0.4, 0.5) is 0 Å². The van der Waals surface area contributed by atoms with Crippen molar-refractivity contribution in [1.82, 2.24) is 0 Å². The Bertz CT molecular complexity index is 1130. The maximum Gasteiger partial charge on any atom is 0.208 e. The maximum absolute atomic E-state index is 13.4. The molecule has 1 fully saturated rings. The minimum absolute atomic E-state index is 0.0577. The lowest BCUT2D eigenvalue weighted by Gasteiger charge is -2.46. The van der Waals surface area contributed by atoms with E-state index < -0.39 is 23.5 Å². The van der Waals surface area contributed by atoms with Crippen molar-refractivity contribution in [2.24, 2.45) is 0 Å². The minimum atomic E-state index is -0.852. The highest BCUT2D eigenvalue weighted by molar-refractivity contribution is 9.09. The summed E-state index contributed by atoms with van der Waals surface area (Å²) in [6.45, 7) is 1.83. The fourth-order valence-electron chi connectivity index (χ4n) is 4.48. The molecule has 1 saturated heterocycles. The third kappa shape index (κ3) is 2.53. The molecule has 2 bridgehead atoms. The van der Waals surface area contributed by atoms with Gasteiger partial charge < -0.3 is 24.1 Å². The molecule has 0 radical (unpaired) electrons. The average molecular weight is 475 g/mol. The molecule has 156 valence electrons. The van der Waals surface area contributed by atoms with Gasteiger partial charge >= 0.3 is 0 Å². The molecule has 30 heavy (non-hydrogen) atoms. The van der Waals surface area contributed by atoms with Crippen LogP contribution in [0.15, 0.2) is 18.2 Å². The number of aromatic hydroxyl groups is 1. The summed E-state index contributed by atoms with van der Waals surface area (Å²) in [5.41, 5.74) is 0.682. The van der Waals surface area contributed by atoms with Gasteiger partial charge in [0.15, 0.2) is 5.78 Å². The van der Waals surface area contributed by atoms with Crippen molar-refractivity contribution in [3.63, 3.8) is 0 Å². The lowest BCUT2D eigenvalue weighted by molar-refractivity contribution is -0.240. The Hall–Kier alpha value is -2.58. The summed E-state index contributed by atoms with van der Waals surface area (Å²) in [5, 5.41) is 11.2. The number of rotatable bonds is 2. The summed E-state index contributed by atoms with van der Waals surface area (Å²) >= 11 is 3.61. The van der Waals surface area contributed by atoms with Gasteiger partial charge in [-0.25, -0.2) is 0 Å². The molecule has 0 amide bonds. The Kier molecular flexibility index (Phi) is 4.17. The van der Waals surface area contributed by atoms with Gasteiger partial charge in [-0.05, 0) is 18.6 Å². The van der Waals surface area contributed by atoms with Crippen molar-refractivity contribution in [2.45, 2.75) is 36.5 Å². The topological polar surface area (TPSA) is 91.3 Å². The van der Waals surface area contributed by atoms with Crippen molar-refractivity contribution in [3.05, 3.63) is 46.0 Å². The second-order valence-electron chi connectivity index (χ2n) is 7.80. The quantitative estimate of drug-likeness (QED) is 0.562. The SMILES string of the molecule is COc1cc(OC)c2c(c1)C(=O)c1cc3c(c(O)c1C2=O)[C@H]1O[C@](C)(CC[C@@H]1Br)O3. The van der Waals surface area contributed by atoms with E-state index in [0.717, 1.165) is 6.42 Å². The fourth-order valence-corrected chi connectivity index (χ4v) is 5.08. The molecule has 3 atom stereocenters. The predicted octanol–water partition coefficient (Wildman–Crippen LogP) is 3.91. The van der Waals surface area contributed by atoms with Gasteiger partial charge in [-0.3, -0.25) is 9.59 Å². The number of alkyl halides is 1. The molecular formula is C22H19BrO7. The molecular weight excluding hydrogens is 456 g/mol. The first-order valence-electron chi connectivity index (χ1n) is 9.54. The highest BCUT2D eigenvalue weighted by Gasteiger charge is 2.49. The van der Waals surface area contributed by atoms with Gasteiger partial charge in [0.25, 0.3) is 0 Å². The molecule has 0 aromatic heterocycles. The van der Waals surface area contributed by atoms with Crippen LogP contribution in [0, 0.1) is 0 Å². The van der Waals surface area contributed by atoms with Crippen molar-refractivity contribution in [1.29, 1.82) is 0 Å². The average Bonchev–Trinajstić information content (AvgIpc) is 2.73. The number of carbonyl (C=O) groups is 2. The van der Waals surface area contributed by atoms with Crippen LogP contribution in [-0.2, 0) is 4.74 Å². The van der Waals surface area contributed by atoms with E-state index in [4.69, 9.17) is 18.9 Å². The van der Waals surface area contributed by atoms with Gasteiger partial charge in [0.1, 0.15) is 29.1 Å². The third-order valence-corrected chi connectivity index (χ3v) is 6.90. The Labute approximate surface area is 181 Å². The monoisotopic (exact) mass is 474 g/mol. The van der Waals surface area contributed by atoms with E-state index in [0.29, 0.717) is 23.5 Å². The van der Waals surface area contributed by atoms with Gasteiger partial charge in [-0.1, -0.05) is 15.9 Å². The zero-order chi connectivity index (χ0) is 21.4. The third-order valence-electron chi connectivity index (χ3n) is 5.97. The van der Waals surface area contributed by atoms with Gasteiger partial charge in [-0.2, -0.15) is 0 Å². The van der Waals surface area contributed by atoms with E-state index in [2.05, 4.69) is 15.9 Å². The van der Waals surface area contributed by atoms with Crippen molar-refractivity contribution in [3.8, 4) is 23.0 Å². The van der Waals surface area contributed by atoms with Crippen LogP contribution in [-0.4, -0.2) is 41.5 Å². The Morgan fingerprint density at radius 1 is 1.10 bits per heavy atom. The molecule has 0 unspecified atom stereocenters. The summed E-state index contributed by atoms with van der Waals surface area (Å²) in [5.74, 6) is -1.08. The van der Waals surface area contributed by atoms with Crippen LogP contribution in [0.1, 0.15) is 63.3 Å². The molecule has 5 rings (SSSR count). The molecule has 1 N–H and O–H groups in total. The molecule has 2 aromatic rings. The standard InChI is InChI=1S/C22H19BrO7/c1-22-5-4-12(23)21(30-22)17-14(29-22)8-11-16(20(17)26)19(25)15-10(18(11)24)6-9(27-2)7-13(15)28-3/h6-8,12,21,26H,4-5H2,1-3H3/t12-,21-,22+/m0/s1. The van der Waals surface area contributed by atoms with Crippen LogP contribution in [0.5, 0.6) is 23.0 Å². The highest BCUT2D eigenvalue weighted by atomic mass is 79.9. The van der Waals surface area contributed by atoms with Crippen LogP contribution in [0.25, 0.3) is 0 Å². The summed E-state index contributed by atoms with van der Waals surface area (Å²) in [6, 6.07) is 4.59. The molecule has 0 saturated carbocycles. The summed E-state index contributed by atoms with van der Waals surface area (Å²) < 4.78 is 22.7. The molecule has 1 aliphatic carbocycles. The second-order valence-corrected chi connectivity index (χ2v) is 8.98. The van der Waals surface area contributed by atoms with Crippen LogP contribution < -0.4 is 14.2 Å². The largest absolute Gasteiger partial charge is 0.507 e. The minimum Gasteiger partial charge on any atom is -0.507 e. The number of fused-ring (bicyclic) bond motifs is 6. The van der Waals surface area contributed by atoms with E-state index >= 15 is 0 Å². The highest BCUT2D eigenvalue weighted by Crippen LogP contribution is 2.54. The number of hydrogen-bond donors (Lipinski definition) is 1. The number of methoxy groups -OCH3 is 2. The molecule has 2 aromatic carbocycles. The van der Waals surface area contributed by atoms with Gasteiger partial charge in [-0.15, -0.1) is 0 Å². The number of ketones is 2. The lowest BCUT2D eigenvalue weighted by Crippen LogP contribution is -2.47. The molecule has 2 heterocycles. The Morgan fingerprint density at radius 3 is 2.53 bits per heavy atom. The first-order chi connectivity index (χ1) is 14.3. The van der Waals surface area contributed by atoms with Crippen LogP contribution >= 0.6 is 15.9 Å². The predicted molar refractivity (Wildman–Crippen MR) is 109 cm³/mol. The molecule has 7 nitrogen and oxygen atoms in total. The zero-order valence-electron chi connectivity index (χ0n) is 16.6. The zero-order valence-corrected chi connectivity index (χ0v) is 18.2. The van der Waals surface area contributed by atoms with Gasteiger partial charge in [0.2, 0.25) is 11.6 Å². The van der Waals surface area contributed by atoms with E-state index in [1.807, 2.05) is 6.92 Å². The maximum atomic E-state index is 13.4. The number of hydrogen-bond acceptors (Lipinski definition) is 7. The molecule has 2 aliphatic heterocycles. The van der Waals surface area contributed by atoms with E-state index in [-0.39, 0.29) is 38.6 Å². The van der Waals surface area contributed by atoms with Crippen molar-refractivity contribution in [2.75, 3.05) is 14.2 Å². The van der Waals surface area contributed by atoms with E-state index in [1.54, 1.807) is 6.07 Å². The first-order valence-corrected chi connectivity index (χ1v) is 10.5. The van der Waals surface area contributed by atoms with E-state index in [9.17, 15) is 14.7 Å². The molecule has 8 heteroatoms. The number of benzene rings is 2. The summed E-state index contributed by atoms with van der Waals surface area (Å²) in [4.78, 5) is 26.7. The normalized spacial score (nSPS) is 26.3. The van der Waals surface area contributed by atoms with Gasteiger partial charge in [0, 0.05) is 35.4 Å². The smallest absolute Gasteiger partial charge is 0.208 e. The number of halogens is 1. The summed E-state index contributed by atoms with van der Waals surface area (Å²) in [6.07, 6.45) is 0.932. The number of ether oxygens (including phenoxy) is 4. The van der Waals surface area contributed by atoms with Crippen molar-refractivity contribution >= 4 is 27.5 Å². The second kappa shape index (κ2) is 6.46. The number of phenols is 1. The molecule has 3 aliphatic rings. The lowest BCUT2D eigenvalue weighted by atomic mass is 9.80. The summed E-state index contributed by atoms with van der Waals surface area (Å²) in [7, 11) is 2.88. The molecule has 0 spiro atoms. The number of phenolic OH excluding ortho intramolecular Hbond substituents is 1. The van der Waals surface area contributed by atoms with E-state index in [1.165, 1.54) is 26.4 Å². The van der Waals surface area contributed by atoms with Crippen LogP contribution in [0.3, 0.4) is 0 Å². The number of carbonyl (C=O) groups excluding carboxylic acids is 2. The fraction of sp³-hybridized carbons (Fsp3) is 0.364.